The molecule has 6 heteroatoms. The molecule has 0 radical (unpaired) electrons. The molecule has 0 atom stereocenters. The van der Waals surface area contributed by atoms with Gasteiger partial charge in [0.15, 0.2) is 0 Å². The van der Waals surface area contributed by atoms with Gasteiger partial charge < -0.3 is 5.11 Å². The monoisotopic (exact) mass is 360 g/mol. The minimum Gasteiger partial charge on any atom is -0.478 e. The number of hydrogen-bond donors (Lipinski definition) is 1. The quantitative estimate of drug-likeness (QED) is 0.539. The predicted octanol–water partition coefficient (Wildman–Crippen LogP) is 4.72. The number of rotatable bonds is 3. The normalized spacial score (nSPS) is 14.9. The van der Waals surface area contributed by atoms with E-state index in [1.807, 2.05) is 6.07 Å². The van der Waals surface area contributed by atoms with Crippen LogP contribution >= 0.6 is 0 Å². The van der Waals surface area contributed by atoms with Crippen molar-refractivity contribution in [3.8, 4) is 0 Å². The number of benzene rings is 2. The van der Waals surface area contributed by atoms with Crippen LogP contribution in [0.3, 0.4) is 0 Å². The number of aromatic carboxylic acids is 1. The van der Waals surface area contributed by atoms with E-state index in [-0.39, 0.29) is 11.3 Å². The van der Waals surface area contributed by atoms with Gasteiger partial charge in [-0.05, 0) is 48.6 Å². The second kappa shape index (κ2) is 6.64. The molecule has 27 heavy (non-hydrogen) atoms. The first-order valence-electron chi connectivity index (χ1n) is 8.65. The summed E-state index contributed by atoms with van der Waals surface area (Å²) in [6.07, 6.45) is 3.87. The van der Waals surface area contributed by atoms with Crippen molar-refractivity contribution >= 4 is 34.2 Å². The summed E-state index contributed by atoms with van der Waals surface area (Å²) in [7, 11) is 0. The summed E-state index contributed by atoms with van der Waals surface area (Å²) in [4.78, 5) is 27.6. The molecule has 0 spiro atoms. The van der Waals surface area contributed by atoms with Gasteiger partial charge in [-0.3, -0.25) is 10.1 Å². The summed E-state index contributed by atoms with van der Waals surface area (Å²) >= 11 is 0. The third-order valence-electron chi connectivity index (χ3n) is 4.85. The number of carboxylic acids is 1. The van der Waals surface area contributed by atoms with Crippen LogP contribution in [0.2, 0.25) is 0 Å². The Balaban J connectivity index is 1.97. The highest BCUT2D eigenvalue weighted by molar-refractivity contribution is 6.06. The van der Waals surface area contributed by atoms with Crippen molar-refractivity contribution < 1.29 is 14.8 Å². The summed E-state index contributed by atoms with van der Waals surface area (Å²) in [5, 5.41) is 21.7. The average molecular weight is 360 g/mol. The maximum Gasteiger partial charge on any atom is 0.336 e. The SMILES string of the molecule is O=C(O)c1c2c(nc3ccccc13)C(=Cc1ccccc1[N+](=O)[O-])CCC2. The predicted molar refractivity (Wildman–Crippen MR) is 103 cm³/mol. The molecule has 0 saturated heterocycles. The van der Waals surface area contributed by atoms with Crippen molar-refractivity contribution in [2.45, 2.75) is 19.3 Å². The lowest BCUT2D eigenvalue weighted by molar-refractivity contribution is -0.385. The number of carboxylic acid groups (broad SMARTS) is 1. The first-order chi connectivity index (χ1) is 13.1. The molecule has 1 aliphatic rings. The Kier molecular flexibility index (Phi) is 4.16. The molecule has 2 aromatic carbocycles. The van der Waals surface area contributed by atoms with E-state index in [9.17, 15) is 20.0 Å². The van der Waals surface area contributed by atoms with Crippen molar-refractivity contribution in [2.24, 2.45) is 0 Å². The number of hydrogen-bond acceptors (Lipinski definition) is 4. The van der Waals surface area contributed by atoms with Crippen molar-refractivity contribution in [1.82, 2.24) is 4.98 Å². The van der Waals surface area contributed by atoms with Crippen LogP contribution in [0.5, 0.6) is 0 Å². The molecule has 6 nitrogen and oxygen atoms in total. The zero-order chi connectivity index (χ0) is 19.0. The van der Waals surface area contributed by atoms with Crippen LogP contribution in [0.1, 0.15) is 40.0 Å². The number of aromatic nitrogens is 1. The Morgan fingerprint density at radius 2 is 1.85 bits per heavy atom. The van der Waals surface area contributed by atoms with Crippen LogP contribution in [0.15, 0.2) is 48.5 Å². The largest absolute Gasteiger partial charge is 0.478 e. The Labute approximate surface area is 154 Å². The van der Waals surface area contributed by atoms with Crippen molar-refractivity contribution in [3.63, 3.8) is 0 Å². The topological polar surface area (TPSA) is 93.3 Å². The van der Waals surface area contributed by atoms with E-state index in [4.69, 9.17) is 4.98 Å². The summed E-state index contributed by atoms with van der Waals surface area (Å²) < 4.78 is 0. The minimum atomic E-state index is -0.975. The first kappa shape index (κ1) is 16.9. The van der Waals surface area contributed by atoms with Crippen LogP contribution in [-0.2, 0) is 6.42 Å². The zero-order valence-corrected chi connectivity index (χ0v) is 14.4. The van der Waals surface area contributed by atoms with E-state index < -0.39 is 10.9 Å². The molecule has 0 saturated carbocycles. The zero-order valence-electron chi connectivity index (χ0n) is 14.4. The number of allylic oxidation sites excluding steroid dienone is 1. The maximum atomic E-state index is 12.0. The molecule has 3 aromatic rings. The molecule has 1 heterocycles. The maximum absolute atomic E-state index is 12.0. The van der Waals surface area contributed by atoms with E-state index in [0.29, 0.717) is 40.6 Å². The molecule has 0 unspecified atom stereocenters. The van der Waals surface area contributed by atoms with Gasteiger partial charge >= 0.3 is 5.97 Å². The van der Waals surface area contributed by atoms with Gasteiger partial charge in [-0.1, -0.05) is 30.3 Å². The van der Waals surface area contributed by atoms with Crippen LogP contribution in [0, 0.1) is 10.1 Å². The lowest BCUT2D eigenvalue weighted by Gasteiger charge is -2.21. The smallest absolute Gasteiger partial charge is 0.336 e. The number of nitro groups is 1. The van der Waals surface area contributed by atoms with Gasteiger partial charge in [0.2, 0.25) is 0 Å². The Morgan fingerprint density at radius 3 is 2.63 bits per heavy atom. The Bertz CT molecular complexity index is 1120. The molecule has 4 rings (SSSR count). The molecule has 0 bridgehead atoms. The number of carbonyl (C=O) groups is 1. The second-order valence-corrected chi connectivity index (χ2v) is 6.48. The Morgan fingerprint density at radius 1 is 1.11 bits per heavy atom. The van der Waals surface area contributed by atoms with Crippen LogP contribution in [0.4, 0.5) is 5.69 Å². The molecular formula is C21H16N2O4. The minimum absolute atomic E-state index is 0.0244. The molecule has 1 N–H and O–H groups in total. The molecule has 1 aliphatic carbocycles. The summed E-state index contributed by atoms with van der Waals surface area (Å²) in [5.74, 6) is -0.975. The van der Waals surface area contributed by atoms with Gasteiger partial charge in [0, 0.05) is 11.5 Å². The van der Waals surface area contributed by atoms with Crippen molar-refractivity contribution in [1.29, 1.82) is 0 Å². The molecule has 0 fully saturated rings. The van der Waals surface area contributed by atoms with E-state index in [0.717, 1.165) is 12.0 Å². The summed E-state index contributed by atoms with van der Waals surface area (Å²) in [6, 6.07) is 13.7. The Hall–Kier alpha value is -3.54. The molecule has 134 valence electrons. The number of pyridine rings is 1. The highest BCUT2D eigenvalue weighted by atomic mass is 16.6. The second-order valence-electron chi connectivity index (χ2n) is 6.48. The van der Waals surface area contributed by atoms with Crippen molar-refractivity contribution in [2.75, 3.05) is 0 Å². The molecular weight excluding hydrogens is 344 g/mol. The van der Waals surface area contributed by atoms with Crippen molar-refractivity contribution in [3.05, 3.63) is 81.0 Å². The average Bonchev–Trinajstić information content (AvgIpc) is 2.66. The number of nitrogens with zero attached hydrogens (tertiary/aromatic N) is 2. The van der Waals surface area contributed by atoms with Crippen LogP contribution < -0.4 is 0 Å². The fraction of sp³-hybridized carbons (Fsp3) is 0.143. The standard InChI is InChI=1S/C21H16N2O4/c24-21(25)19-15-8-2-3-10-17(15)22-20-14(7-5-9-16(19)20)12-13-6-1-4-11-18(13)23(26)27/h1-4,6,8,10-12H,5,7,9H2,(H,24,25). The first-order valence-corrected chi connectivity index (χ1v) is 8.65. The van der Waals surface area contributed by atoms with Crippen LogP contribution in [0.25, 0.3) is 22.6 Å². The van der Waals surface area contributed by atoms with Gasteiger partial charge in [0.1, 0.15) is 0 Å². The third kappa shape index (κ3) is 2.95. The number of fused-ring (bicyclic) bond motifs is 2. The van der Waals surface area contributed by atoms with Gasteiger partial charge in [-0.25, -0.2) is 9.78 Å². The fourth-order valence-corrected chi connectivity index (χ4v) is 3.68. The number of para-hydroxylation sites is 2. The summed E-state index contributed by atoms with van der Waals surface area (Å²) in [6.45, 7) is 0. The lowest BCUT2D eigenvalue weighted by atomic mass is 9.86. The third-order valence-corrected chi connectivity index (χ3v) is 4.85. The summed E-state index contributed by atoms with van der Waals surface area (Å²) in [5.41, 5.74) is 3.59. The van der Waals surface area contributed by atoms with E-state index in [2.05, 4.69) is 0 Å². The van der Waals surface area contributed by atoms with Gasteiger partial charge in [0.25, 0.3) is 5.69 Å². The van der Waals surface area contributed by atoms with E-state index >= 15 is 0 Å². The fourth-order valence-electron chi connectivity index (χ4n) is 3.68. The highest BCUT2D eigenvalue weighted by Gasteiger charge is 2.25. The molecule has 0 aliphatic heterocycles. The van der Waals surface area contributed by atoms with Gasteiger partial charge in [0.05, 0.1) is 27.3 Å². The lowest BCUT2D eigenvalue weighted by Crippen LogP contribution is -2.13. The highest BCUT2D eigenvalue weighted by Crippen LogP contribution is 2.37. The van der Waals surface area contributed by atoms with Gasteiger partial charge in [-0.15, -0.1) is 0 Å². The molecule has 1 aromatic heterocycles. The van der Waals surface area contributed by atoms with E-state index in [1.54, 1.807) is 42.5 Å². The van der Waals surface area contributed by atoms with E-state index in [1.165, 1.54) is 6.07 Å². The number of nitro benzene ring substituents is 1. The van der Waals surface area contributed by atoms with Gasteiger partial charge in [-0.2, -0.15) is 0 Å². The molecule has 0 amide bonds. The van der Waals surface area contributed by atoms with Crippen LogP contribution in [-0.4, -0.2) is 21.0 Å².